The van der Waals surface area contributed by atoms with Crippen molar-refractivity contribution in [1.29, 1.82) is 0 Å². The summed E-state index contributed by atoms with van der Waals surface area (Å²) in [7, 11) is -18.0. The van der Waals surface area contributed by atoms with Crippen molar-refractivity contribution in [3.8, 4) is 5.75 Å². The van der Waals surface area contributed by atoms with E-state index in [1.807, 2.05) is 0 Å². The fourth-order valence-electron chi connectivity index (χ4n) is 0.632. The van der Waals surface area contributed by atoms with Gasteiger partial charge in [0.25, 0.3) is 0 Å². The van der Waals surface area contributed by atoms with Crippen LogP contribution in [0.5, 0.6) is 5.75 Å². The fourth-order valence-corrected chi connectivity index (χ4v) is 1.08. The third kappa shape index (κ3) is 45.3. The van der Waals surface area contributed by atoms with Crippen LogP contribution in [-0.2, 0) is 0 Å². The molecule has 0 amide bonds. The first-order valence-electron chi connectivity index (χ1n) is 5.37. The topological polar surface area (TPSA) is 20.2 Å². The Morgan fingerprint density at radius 2 is 0.880 bits per heavy atom. The van der Waals surface area contributed by atoms with Crippen LogP contribution in [-0.4, -0.2) is 75.8 Å². The van der Waals surface area contributed by atoms with Gasteiger partial charge in [0, 0.05) is 0 Å². The zero-order valence-corrected chi connectivity index (χ0v) is 14.7. The van der Waals surface area contributed by atoms with E-state index >= 15 is 0 Å². The van der Waals surface area contributed by atoms with Gasteiger partial charge in [-0.05, 0) is 0 Å². The quantitative estimate of drug-likeness (QED) is 0.481. The second kappa shape index (κ2) is 12.3. The number of aromatic hydroxyl groups is 1. The number of phenols is 1. The average Bonchev–Trinajstić information content (AvgIpc) is 2.18. The molecule has 0 bridgehead atoms. The number of halogens is 14. The van der Waals surface area contributed by atoms with Crippen molar-refractivity contribution in [2.75, 3.05) is 0 Å². The molecule has 0 fully saturated rings. The number of benzene rings is 1. The molecule has 0 spiro atoms. The molecule has 0 aliphatic carbocycles. The zero-order chi connectivity index (χ0) is 21.2. The molecule has 25 heavy (non-hydrogen) atoms. The maximum absolute atomic E-state index is 12.5. The van der Waals surface area contributed by atoms with Crippen LogP contribution in [0.25, 0.3) is 0 Å². The maximum atomic E-state index is 12.5. The summed E-state index contributed by atoms with van der Waals surface area (Å²) in [6.45, 7) is 0. The van der Waals surface area contributed by atoms with Gasteiger partial charge in [0.2, 0.25) is 0 Å². The van der Waals surface area contributed by atoms with E-state index in [4.69, 9.17) is 5.11 Å². The second-order valence-corrected chi connectivity index (χ2v) is 5.08. The van der Waals surface area contributed by atoms with Gasteiger partial charge in [-0.2, -0.15) is 0 Å². The molecular formula is C6H3B3F14KO-3. The van der Waals surface area contributed by atoms with Gasteiger partial charge in [-0.15, -0.1) is 0 Å². The summed E-state index contributed by atoms with van der Waals surface area (Å²) < 4.78 is 142. The van der Waals surface area contributed by atoms with E-state index in [2.05, 4.69) is 0 Å². The summed E-state index contributed by atoms with van der Waals surface area (Å²) in [5, 5.41) is 8.85. The SMILES string of the molecule is F[B-](F)(F)F.F[B-](F)(F)F.F[B-](F)(F)F.Oc1cc(F)cc(F)[c]1[K]. The van der Waals surface area contributed by atoms with E-state index in [1.54, 1.807) is 0 Å². The van der Waals surface area contributed by atoms with Gasteiger partial charge >= 0.3 is 114 Å². The Morgan fingerprint density at radius 1 is 0.640 bits per heavy atom. The van der Waals surface area contributed by atoms with Crippen molar-refractivity contribution in [3.05, 3.63) is 23.8 Å². The molecule has 0 saturated carbocycles. The molecule has 144 valence electrons. The molecule has 0 unspecified atom stereocenters. The second-order valence-electron chi connectivity index (χ2n) is 3.52. The van der Waals surface area contributed by atoms with Crippen molar-refractivity contribution in [1.82, 2.24) is 0 Å². The van der Waals surface area contributed by atoms with Crippen LogP contribution in [0.1, 0.15) is 0 Å². The molecule has 0 aliphatic heterocycles. The number of phenolic OH excluding ortho intramolecular Hbond substituents is 1. The third-order valence-electron chi connectivity index (χ3n) is 1.28. The summed E-state index contributed by atoms with van der Waals surface area (Å²) in [4.78, 5) is 0. The molecule has 0 aromatic heterocycles. The minimum atomic E-state index is -6.00. The van der Waals surface area contributed by atoms with Gasteiger partial charge in [-0.1, -0.05) is 0 Å². The van der Waals surface area contributed by atoms with Crippen molar-refractivity contribution in [2.45, 2.75) is 0 Å². The summed E-state index contributed by atoms with van der Waals surface area (Å²) in [5.41, 5.74) is 0. The van der Waals surface area contributed by atoms with Gasteiger partial charge in [-0.25, -0.2) is 0 Å². The Bertz CT molecular complexity index is 429. The summed E-state index contributed by atoms with van der Waals surface area (Å²) in [5.74, 6) is -1.64. The van der Waals surface area contributed by atoms with E-state index < -0.39 is 33.4 Å². The van der Waals surface area contributed by atoms with Crippen LogP contribution in [0.3, 0.4) is 0 Å². The van der Waals surface area contributed by atoms with Crippen molar-refractivity contribution < 1.29 is 65.7 Å². The summed E-state index contributed by atoms with van der Waals surface area (Å²) in [6, 6.07) is 1.70. The van der Waals surface area contributed by atoms with E-state index in [0.717, 1.165) is 12.1 Å². The molecule has 0 heterocycles. The first-order valence-corrected chi connectivity index (χ1v) is 6.94. The number of hydrogen-bond donors (Lipinski definition) is 1. The molecule has 1 nitrogen and oxygen atoms in total. The fraction of sp³-hybridized carbons (Fsp3) is 0. The van der Waals surface area contributed by atoms with Crippen molar-refractivity contribution >= 4 is 70.4 Å². The number of hydrogen-bond acceptors (Lipinski definition) is 1. The van der Waals surface area contributed by atoms with Crippen LogP contribution in [0.4, 0.5) is 60.6 Å². The molecule has 0 radical (unpaired) electrons. The molecule has 0 atom stereocenters. The third-order valence-corrected chi connectivity index (χ3v) is 2.83. The molecule has 1 aromatic rings. The summed E-state index contributed by atoms with van der Waals surface area (Å²) >= 11 is 0.0366. The Labute approximate surface area is 164 Å². The van der Waals surface area contributed by atoms with Crippen LogP contribution in [0.15, 0.2) is 12.1 Å². The summed E-state index contributed by atoms with van der Waals surface area (Å²) in [6.07, 6.45) is 0. The van der Waals surface area contributed by atoms with E-state index in [1.165, 1.54) is 0 Å². The molecule has 19 heteroatoms. The molecule has 1 rings (SSSR count). The Hall–Kier alpha value is -0.129. The molecule has 1 aromatic carbocycles. The van der Waals surface area contributed by atoms with Gasteiger partial charge < -0.3 is 51.8 Å². The van der Waals surface area contributed by atoms with Gasteiger partial charge in [0.15, 0.2) is 0 Å². The Balaban J connectivity index is -0.000000279. The Kier molecular flexibility index (Phi) is 14.6. The Morgan fingerprint density at radius 3 is 1.08 bits per heavy atom. The predicted octanol–water partition coefficient (Wildman–Crippen LogP) is 4.36. The molecule has 0 aliphatic rings. The molecular weight excluding hydrogens is 426 g/mol. The van der Waals surface area contributed by atoms with Gasteiger partial charge in [-0.3, -0.25) is 0 Å². The monoisotopic (exact) mass is 429 g/mol. The normalized spacial score (nSPS) is 11.2. The number of rotatable bonds is 0. The van der Waals surface area contributed by atoms with E-state index in [9.17, 15) is 60.6 Å². The van der Waals surface area contributed by atoms with Crippen molar-refractivity contribution in [3.63, 3.8) is 0 Å². The van der Waals surface area contributed by atoms with Gasteiger partial charge in [0.1, 0.15) is 0 Å². The van der Waals surface area contributed by atoms with Crippen LogP contribution < -0.4 is -0.342 Å². The first-order chi connectivity index (χ1) is 10.6. The van der Waals surface area contributed by atoms with Crippen LogP contribution in [0, 0.1) is 11.6 Å². The zero-order valence-electron chi connectivity index (χ0n) is 11.6. The average molecular weight is 429 g/mol. The van der Waals surface area contributed by atoms with Crippen LogP contribution >= 0.6 is 0 Å². The van der Waals surface area contributed by atoms with E-state index in [0.29, 0.717) is 0 Å². The standard InChI is InChI=1S/C6H3F2O.3BF4.K/c7-4-1-5(8)3-6(9)2-4;3*2-1(3,4)5;/h1-2,9H;;;;/q;3*-1;. The van der Waals surface area contributed by atoms with E-state index in [-0.39, 0.29) is 54.4 Å². The van der Waals surface area contributed by atoms with Crippen LogP contribution in [0.2, 0.25) is 0 Å². The first kappa shape index (κ1) is 29.6. The molecule has 0 saturated heterocycles. The minimum absolute atomic E-state index is 0.0366. The van der Waals surface area contributed by atoms with Gasteiger partial charge in [0.05, 0.1) is 0 Å². The van der Waals surface area contributed by atoms with Crippen molar-refractivity contribution in [2.24, 2.45) is 0 Å². The predicted molar refractivity (Wildman–Crippen MR) is 64.0 cm³/mol. The molecule has 1 N–H and O–H groups in total.